The van der Waals surface area contributed by atoms with Gasteiger partial charge in [-0.15, -0.1) is 11.8 Å². The minimum Gasteiger partial charge on any atom is -0.481 e. The zero-order valence-corrected chi connectivity index (χ0v) is 22.3. The van der Waals surface area contributed by atoms with Gasteiger partial charge >= 0.3 is 6.09 Å². The number of hydroxylamine groups is 1. The molecule has 0 spiro atoms. The highest BCUT2D eigenvalue weighted by atomic mass is 32.3. The fourth-order valence-electron chi connectivity index (χ4n) is 3.32. The summed E-state index contributed by atoms with van der Waals surface area (Å²) in [6.45, 7) is 8.78. The molecule has 1 aliphatic heterocycles. The monoisotopic (exact) mass is 528 g/mol. The number of thioether (sulfide) groups is 1. The van der Waals surface area contributed by atoms with E-state index in [0.717, 1.165) is 11.8 Å². The van der Waals surface area contributed by atoms with Crippen LogP contribution in [-0.4, -0.2) is 78.4 Å². The molecule has 35 heavy (non-hydrogen) atoms. The first-order chi connectivity index (χ1) is 16.2. The second-order valence-electron chi connectivity index (χ2n) is 9.22. The summed E-state index contributed by atoms with van der Waals surface area (Å²) in [5, 5.41) is 9.30. The normalized spacial score (nSPS) is 19.6. The molecule has 2 N–H and O–H groups in total. The van der Waals surface area contributed by atoms with E-state index in [0.29, 0.717) is 5.75 Å². The van der Waals surface area contributed by atoms with Gasteiger partial charge in [-0.1, -0.05) is 11.8 Å². The van der Waals surface area contributed by atoms with Gasteiger partial charge in [-0.2, -0.15) is 0 Å². The first kappa shape index (κ1) is 28.8. The Labute approximate surface area is 210 Å². The van der Waals surface area contributed by atoms with Crippen molar-refractivity contribution < 1.29 is 37.4 Å². The quantitative estimate of drug-likeness (QED) is 0.325. The van der Waals surface area contributed by atoms with Crippen LogP contribution in [0.25, 0.3) is 0 Å². The van der Waals surface area contributed by atoms with Crippen molar-refractivity contribution in [3.05, 3.63) is 24.3 Å². The molecule has 1 fully saturated rings. The van der Waals surface area contributed by atoms with Crippen molar-refractivity contribution in [2.75, 3.05) is 32.6 Å². The third kappa shape index (κ3) is 6.41. The van der Waals surface area contributed by atoms with E-state index < -0.39 is 37.1 Å². The molecule has 0 saturated carbocycles. The lowest BCUT2D eigenvalue weighted by Gasteiger charge is -2.45. The van der Waals surface area contributed by atoms with E-state index in [9.17, 15) is 23.2 Å². The van der Waals surface area contributed by atoms with Gasteiger partial charge in [-0.25, -0.2) is 18.7 Å². The number of sulfone groups is 1. The number of carbonyl (C=O) groups is 2. The van der Waals surface area contributed by atoms with E-state index in [-0.39, 0.29) is 30.4 Å². The van der Waals surface area contributed by atoms with Gasteiger partial charge in [0.15, 0.2) is 0 Å². The largest absolute Gasteiger partial charge is 0.481 e. The molecule has 1 aromatic carbocycles. The molecule has 1 aromatic rings. The number of carbonyl (C=O) groups excluding carboxylic acids is 2. The molecule has 1 heterocycles. The average molecular weight is 529 g/mol. The molecule has 0 aromatic heterocycles. The summed E-state index contributed by atoms with van der Waals surface area (Å²) in [7, 11) is -2.71. The number of hydrogen-bond acceptors (Lipinski definition) is 9. The molecule has 1 saturated heterocycles. The number of nitrogens with zero attached hydrogens (tertiary/aromatic N) is 1. The Hall–Kier alpha value is -2.46. The van der Waals surface area contributed by atoms with Crippen molar-refractivity contribution in [1.29, 1.82) is 0 Å². The summed E-state index contributed by atoms with van der Waals surface area (Å²) < 4.78 is 41.4. The van der Waals surface area contributed by atoms with Crippen LogP contribution in [0.3, 0.4) is 0 Å². The molecule has 2 amide bonds. The molecule has 0 bridgehead atoms. The van der Waals surface area contributed by atoms with Crippen LogP contribution >= 0.6 is 11.8 Å². The molecule has 10 nitrogen and oxygen atoms in total. The van der Waals surface area contributed by atoms with Gasteiger partial charge < -0.3 is 19.1 Å². The van der Waals surface area contributed by atoms with Crippen molar-refractivity contribution in [2.45, 2.75) is 54.8 Å². The number of benzene rings is 1. The highest BCUT2D eigenvalue weighted by molar-refractivity contribution is 8.16. The minimum absolute atomic E-state index is 0.0157. The Balaban J connectivity index is 2.09. The molecule has 1 atom stereocenters. The summed E-state index contributed by atoms with van der Waals surface area (Å²) in [5.74, 6) is 5.14. The smallest absolute Gasteiger partial charge is 0.410 e. The molecule has 0 radical (unpaired) electrons. The predicted molar refractivity (Wildman–Crippen MR) is 131 cm³/mol. The fraction of sp³-hybridized carbons (Fsp3) is 0.565. The highest BCUT2D eigenvalue weighted by Crippen LogP contribution is 2.49. The van der Waals surface area contributed by atoms with Crippen LogP contribution in [0.5, 0.6) is 5.75 Å². The van der Waals surface area contributed by atoms with Crippen LogP contribution in [-0.2, 0) is 24.1 Å². The highest BCUT2D eigenvalue weighted by Gasteiger charge is 2.64. The minimum atomic E-state index is -4.29. The fourth-order valence-corrected chi connectivity index (χ4v) is 7.34. The van der Waals surface area contributed by atoms with E-state index in [1.54, 1.807) is 27.8 Å². The zero-order chi connectivity index (χ0) is 26.5. The average Bonchev–Trinajstić information content (AvgIpc) is 2.77. The van der Waals surface area contributed by atoms with Crippen molar-refractivity contribution >= 4 is 33.6 Å². The molecule has 0 aliphatic carbocycles. The van der Waals surface area contributed by atoms with Gasteiger partial charge in [0.1, 0.15) is 23.6 Å². The van der Waals surface area contributed by atoms with Crippen LogP contribution < -0.4 is 10.2 Å². The first-order valence-corrected chi connectivity index (χ1v) is 13.2. The molecule has 12 heteroatoms. The Morgan fingerprint density at radius 3 is 2.40 bits per heavy atom. The maximum Gasteiger partial charge on any atom is 0.410 e. The van der Waals surface area contributed by atoms with Crippen molar-refractivity contribution in [2.24, 2.45) is 0 Å². The molecular weight excluding hydrogens is 496 g/mol. The molecular formula is C23H32N2O8S2. The number of ether oxygens (including phenoxy) is 3. The predicted octanol–water partition coefficient (Wildman–Crippen LogP) is 2.45. The maximum absolute atomic E-state index is 13.6. The number of rotatable bonds is 6. The lowest BCUT2D eigenvalue weighted by Crippen LogP contribution is -2.65. The first-order valence-electron chi connectivity index (χ1n) is 10.8. The third-order valence-electron chi connectivity index (χ3n) is 5.01. The Kier molecular flexibility index (Phi) is 9.10. The van der Waals surface area contributed by atoms with E-state index in [1.807, 2.05) is 0 Å². The molecule has 2 rings (SSSR count). The van der Waals surface area contributed by atoms with Gasteiger partial charge in [0, 0.05) is 12.8 Å². The topological polar surface area (TPSA) is 131 Å². The van der Waals surface area contributed by atoms with Crippen molar-refractivity contribution in [3.63, 3.8) is 0 Å². The Bertz CT molecular complexity index is 1090. The second-order valence-corrected chi connectivity index (χ2v) is 12.9. The number of hydrogen-bond donors (Lipinski definition) is 2. The van der Waals surface area contributed by atoms with Gasteiger partial charge in [-0.3, -0.25) is 10.0 Å². The van der Waals surface area contributed by atoms with Crippen LogP contribution in [0.2, 0.25) is 0 Å². The summed E-state index contributed by atoms with van der Waals surface area (Å²) in [5.41, 5.74) is -0.507. The number of amides is 2. The second kappa shape index (κ2) is 11.1. The van der Waals surface area contributed by atoms with Crippen LogP contribution in [0.15, 0.2) is 29.2 Å². The summed E-state index contributed by atoms with van der Waals surface area (Å²) in [6.07, 6.45) is -0.484. The van der Waals surface area contributed by atoms with Crippen LogP contribution in [0.1, 0.15) is 34.6 Å². The van der Waals surface area contributed by atoms with E-state index in [4.69, 9.17) is 14.2 Å². The van der Waals surface area contributed by atoms with Gasteiger partial charge in [0.2, 0.25) is 13.9 Å². The summed E-state index contributed by atoms with van der Waals surface area (Å²) in [6, 6.07) is 5.55. The molecule has 194 valence electrons. The number of nitrogens with one attached hydrogen (secondary N) is 1. The maximum atomic E-state index is 13.6. The summed E-state index contributed by atoms with van der Waals surface area (Å²) in [4.78, 5) is 25.8. The Morgan fingerprint density at radius 2 is 1.86 bits per heavy atom. The molecule has 1 aliphatic rings. The van der Waals surface area contributed by atoms with E-state index >= 15 is 0 Å². The summed E-state index contributed by atoms with van der Waals surface area (Å²) >= 11 is 0.911. The van der Waals surface area contributed by atoms with Crippen molar-refractivity contribution in [3.8, 4) is 17.6 Å². The zero-order valence-electron chi connectivity index (χ0n) is 20.7. The van der Waals surface area contributed by atoms with Gasteiger partial charge in [0.05, 0.1) is 18.0 Å². The third-order valence-corrected chi connectivity index (χ3v) is 9.81. The van der Waals surface area contributed by atoms with E-state index in [1.165, 1.54) is 48.5 Å². The van der Waals surface area contributed by atoms with Gasteiger partial charge in [-0.05, 0) is 58.9 Å². The molecule has 1 unspecified atom stereocenters. The van der Waals surface area contributed by atoms with Crippen LogP contribution in [0, 0.1) is 11.8 Å². The lowest BCUT2D eigenvalue weighted by molar-refractivity contribution is -0.137. The standard InChI is InChI=1S/C23H32N2O8S2/c1-21(2,3)33-20(27)25(6)13-7-8-14-31-17-9-11-18(12-10-17)35(29,30)23(19(26)24-28)22(4,5)32-15-16-34-23/h9-12,28H,13-16H2,1-6H3,(H,24,26). The van der Waals surface area contributed by atoms with Gasteiger partial charge in [0.25, 0.3) is 5.91 Å². The van der Waals surface area contributed by atoms with Crippen molar-refractivity contribution in [1.82, 2.24) is 10.4 Å². The lowest BCUT2D eigenvalue weighted by atomic mass is 10.0. The van der Waals surface area contributed by atoms with Crippen LogP contribution in [0.4, 0.5) is 4.79 Å². The SMILES string of the molecule is CN(CC#CCOc1ccc(S(=O)(=O)C2(C(=O)NO)SCCOC2(C)C)cc1)C(=O)OC(C)(C)C. The van der Waals surface area contributed by atoms with E-state index in [2.05, 4.69) is 11.8 Å². The Morgan fingerprint density at radius 1 is 1.23 bits per heavy atom.